The highest BCUT2D eigenvalue weighted by Gasteiger charge is 2.25. The van der Waals surface area contributed by atoms with Gasteiger partial charge in [0.25, 0.3) is 0 Å². The third-order valence-electron chi connectivity index (χ3n) is 4.83. The lowest BCUT2D eigenvalue weighted by Crippen LogP contribution is -2.46. The van der Waals surface area contributed by atoms with Crippen molar-refractivity contribution in [2.75, 3.05) is 45.2 Å². The molecule has 0 saturated carbocycles. The maximum Gasteiger partial charge on any atom is 0.242 e. The zero-order valence-corrected chi connectivity index (χ0v) is 20.8. The van der Waals surface area contributed by atoms with Crippen LogP contribution in [-0.4, -0.2) is 65.7 Å². The molecule has 9 nitrogen and oxygen atoms in total. The van der Waals surface area contributed by atoms with Gasteiger partial charge in [0.15, 0.2) is 5.96 Å². The SMILES string of the molecule is CN=C(NCCNS(=O)(=O)c1cccnc1)NC1CCN(c2ccccc2OC)C1.I. The number of benzene rings is 1. The monoisotopic (exact) mass is 560 g/mol. The second-order valence-electron chi connectivity index (χ2n) is 6.83. The number of nitrogens with zero attached hydrogens (tertiary/aromatic N) is 3. The molecule has 1 atom stereocenters. The first-order valence-corrected chi connectivity index (χ1v) is 11.3. The molecule has 0 amide bonds. The molecule has 0 aliphatic carbocycles. The predicted molar refractivity (Wildman–Crippen MR) is 133 cm³/mol. The molecule has 11 heteroatoms. The second-order valence-corrected chi connectivity index (χ2v) is 8.60. The number of nitrogens with one attached hydrogen (secondary N) is 3. The summed E-state index contributed by atoms with van der Waals surface area (Å²) in [6.07, 6.45) is 3.82. The minimum Gasteiger partial charge on any atom is -0.495 e. The summed E-state index contributed by atoms with van der Waals surface area (Å²) < 4.78 is 32.4. The Morgan fingerprint density at radius 2 is 2.06 bits per heavy atom. The molecule has 1 unspecified atom stereocenters. The summed E-state index contributed by atoms with van der Waals surface area (Å²) in [6.45, 7) is 2.38. The molecule has 170 valence electrons. The number of anilines is 1. The van der Waals surface area contributed by atoms with Crippen molar-refractivity contribution in [3.8, 4) is 5.75 Å². The normalized spacial score (nSPS) is 16.5. The first kappa shape index (κ1) is 25.1. The van der Waals surface area contributed by atoms with Gasteiger partial charge in [0.2, 0.25) is 10.0 Å². The van der Waals surface area contributed by atoms with Crippen LogP contribution in [0.1, 0.15) is 6.42 Å². The van der Waals surface area contributed by atoms with Crippen LogP contribution in [0.4, 0.5) is 5.69 Å². The Hall–Kier alpha value is -2.12. The fraction of sp³-hybridized carbons (Fsp3) is 0.400. The molecule has 1 aromatic carbocycles. The maximum absolute atomic E-state index is 12.2. The van der Waals surface area contributed by atoms with Crippen LogP contribution in [0.5, 0.6) is 5.75 Å². The number of hydrogen-bond donors (Lipinski definition) is 3. The van der Waals surface area contributed by atoms with Gasteiger partial charge in [0.05, 0.1) is 12.8 Å². The van der Waals surface area contributed by atoms with Gasteiger partial charge in [-0.1, -0.05) is 12.1 Å². The molecule has 1 fully saturated rings. The largest absolute Gasteiger partial charge is 0.495 e. The number of hydrogen-bond acceptors (Lipinski definition) is 6. The molecular formula is C20H29IN6O3S. The van der Waals surface area contributed by atoms with Crippen molar-refractivity contribution < 1.29 is 13.2 Å². The number of sulfonamides is 1. The summed E-state index contributed by atoms with van der Waals surface area (Å²) in [4.78, 5) is 10.5. The van der Waals surface area contributed by atoms with Crippen LogP contribution in [-0.2, 0) is 10.0 Å². The van der Waals surface area contributed by atoms with Crippen molar-refractivity contribution >= 4 is 45.6 Å². The van der Waals surface area contributed by atoms with E-state index in [9.17, 15) is 8.42 Å². The summed E-state index contributed by atoms with van der Waals surface area (Å²) >= 11 is 0. The van der Waals surface area contributed by atoms with Gasteiger partial charge in [0, 0.05) is 51.7 Å². The Morgan fingerprint density at radius 3 is 2.77 bits per heavy atom. The number of pyridine rings is 1. The number of aliphatic imine (C=N–C) groups is 1. The highest BCUT2D eigenvalue weighted by molar-refractivity contribution is 14.0. The smallest absolute Gasteiger partial charge is 0.242 e. The summed E-state index contributed by atoms with van der Waals surface area (Å²) in [5, 5.41) is 6.55. The molecule has 0 spiro atoms. The van der Waals surface area contributed by atoms with Gasteiger partial charge in [-0.25, -0.2) is 13.1 Å². The zero-order valence-electron chi connectivity index (χ0n) is 17.6. The lowest BCUT2D eigenvalue weighted by atomic mass is 10.2. The minimum atomic E-state index is -3.56. The van der Waals surface area contributed by atoms with E-state index in [1.165, 1.54) is 18.5 Å². The highest BCUT2D eigenvalue weighted by atomic mass is 127. The first-order valence-electron chi connectivity index (χ1n) is 9.78. The van der Waals surface area contributed by atoms with E-state index < -0.39 is 10.0 Å². The van der Waals surface area contributed by atoms with Gasteiger partial charge in [0.1, 0.15) is 10.6 Å². The van der Waals surface area contributed by atoms with Gasteiger partial charge >= 0.3 is 0 Å². The first-order chi connectivity index (χ1) is 14.5. The minimum absolute atomic E-state index is 0. The van der Waals surface area contributed by atoms with Crippen molar-refractivity contribution in [1.29, 1.82) is 0 Å². The molecule has 1 aromatic heterocycles. The fourth-order valence-electron chi connectivity index (χ4n) is 3.33. The molecule has 2 heterocycles. The van der Waals surface area contributed by atoms with Crippen LogP contribution in [0.2, 0.25) is 0 Å². The number of guanidine groups is 1. The number of aromatic nitrogens is 1. The highest BCUT2D eigenvalue weighted by Crippen LogP contribution is 2.30. The number of halogens is 1. The van der Waals surface area contributed by atoms with E-state index in [1.807, 2.05) is 18.2 Å². The van der Waals surface area contributed by atoms with Crippen LogP contribution in [0.3, 0.4) is 0 Å². The van der Waals surface area contributed by atoms with E-state index in [0.717, 1.165) is 30.9 Å². The molecule has 0 radical (unpaired) electrons. The molecule has 1 saturated heterocycles. The molecule has 2 aromatic rings. The van der Waals surface area contributed by atoms with Gasteiger partial charge in [-0.2, -0.15) is 0 Å². The van der Waals surface area contributed by atoms with Crippen LogP contribution in [0.25, 0.3) is 0 Å². The summed E-state index contributed by atoms with van der Waals surface area (Å²) in [6, 6.07) is 11.3. The van der Waals surface area contributed by atoms with E-state index >= 15 is 0 Å². The third kappa shape index (κ3) is 6.94. The van der Waals surface area contributed by atoms with Crippen LogP contribution < -0.4 is 25.0 Å². The molecule has 3 rings (SSSR count). The Bertz CT molecular complexity index is 958. The van der Waals surface area contributed by atoms with Crippen LogP contribution >= 0.6 is 24.0 Å². The quantitative estimate of drug-likeness (QED) is 0.194. The van der Waals surface area contributed by atoms with Crippen molar-refractivity contribution in [1.82, 2.24) is 20.3 Å². The Kier molecular flexibility index (Phi) is 9.78. The van der Waals surface area contributed by atoms with Crippen molar-refractivity contribution in [3.63, 3.8) is 0 Å². The van der Waals surface area contributed by atoms with Crippen molar-refractivity contribution in [2.24, 2.45) is 4.99 Å². The summed E-state index contributed by atoms with van der Waals surface area (Å²) in [5.41, 5.74) is 1.08. The van der Waals surface area contributed by atoms with E-state index in [2.05, 4.69) is 36.3 Å². The molecule has 3 N–H and O–H groups in total. The van der Waals surface area contributed by atoms with Gasteiger partial charge in [-0.3, -0.25) is 9.98 Å². The van der Waals surface area contributed by atoms with E-state index in [1.54, 1.807) is 20.2 Å². The van der Waals surface area contributed by atoms with Crippen LogP contribution in [0, 0.1) is 0 Å². The second kappa shape index (κ2) is 12.1. The van der Waals surface area contributed by atoms with Gasteiger partial charge < -0.3 is 20.3 Å². The topological polar surface area (TPSA) is 108 Å². The molecule has 1 aliphatic heterocycles. The standard InChI is InChI=1S/C20H28N6O3S.HI/c1-21-20(23-11-12-24-30(27,28)17-6-5-10-22-14-17)25-16-9-13-26(15-16)18-7-3-4-8-19(18)29-2;/h3-8,10,14,16,24H,9,11-13,15H2,1-2H3,(H2,21,23,25);1H. The third-order valence-corrected chi connectivity index (χ3v) is 6.28. The average Bonchev–Trinajstić information content (AvgIpc) is 3.24. The van der Waals surface area contributed by atoms with Gasteiger partial charge in [-0.15, -0.1) is 24.0 Å². The van der Waals surface area contributed by atoms with E-state index in [0.29, 0.717) is 12.5 Å². The number of para-hydroxylation sites is 2. The van der Waals surface area contributed by atoms with Crippen molar-refractivity contribution in [3.05, 3.63) is 48.8 Å². The van der Waals surface area contributed by atoms with Crippen LogP contribution in [0.15, 0.2) is 58.7 Å². The number of ether oxygens (including phenoxy) is 1. The van der Waals surface area contributed by atoms with Crippen molar-refractivity contribution in [2.45, 2.75) is 17.4 Å². The molecular weight excluding hydrogens is 531 g/mol. The van der Waals surface area contributed by atoms with E-state index in [4.69, 9.17) is 4.74 Å². The summed E-state index contributed by atoms with van der Waals surface area (Å²) in [7, 11) is -0.187. The Balaban J connectivity index is 0.00000341. The molecule has 1 aliphatic rings. The predicted octanol–water partition coefficient (Wildman–Crippen LogP) is 1.43. The Morgan fingerprint density at radius 1 is 1.26 bits per heavy atom. The molecule has 0 bridgehead atoms. The average molecular weight is 560 g/mol. The summed E-state index contributed by atoms with van der Waals surface area (Å²) in [5.74, 6) is 1.50. The zero-order chi connectivity index (χ0) is 21.4. The lowest BCUT2D eigenvalue weighted by molar-refractivity contribution is 0.415. The molecule has 31 heavy (non-hydrogen) atoms. The van der Waals surface area contributed by atoms with Gasteiger partial charge in [-0.05, 0) is 30.7 Å². The fourth-order valence-corrected chi connectivity index (χ4v) is 4.33. The number of rotatable bonds is 8. The maximum atomic E-state index is 12.2. The lowest BCUT2D eigenvalue weighted by Gasteiger charge is -2.22. The van der Waals surface area contributed by atoms with E-state index in [-0.39, 0.29) is 41.5 Å². The number of methoxy groups -OCH3 is 1. The Labute approximate surface area is 200 Å².